The van der Waals surface area contributed by atoms with E-state index in [0.29, 0.717) is 6.54 Å². The van der Waals surface area contributed by atoms with Crippen LogP contribution in [0, 0.1) is 0 Å². The number of phenols is 1. The van der Waals surface area contributed by atoms with Gasteiger partial charge in [-0.25, -0.2) is 0 Å². The Morgan fingerprint density at radius 3 is 2.42 bits per heavy atom. The quantitative estimate of drug-likeness (QED) is 0.687. The molecule has 0 bridgehead atoms. The van der Waals surface area contributed by atoms with Crippen LogP contribution in [0.15, 0.2) is 78.2 Å². The molecule has 0 saturated heterocycles. The van der Waals surface area contributed by atoms with Crippen molar-refractivity contribution in [3.8, 4) is 5.75 Å². The fourth-order valence-electron chi connectivity index (χ4n) is 2.31. The maximum Gasteiger partial charge on any atom is 0.251 e. The Hall–Kier alpha value is -2.85. The molecule has 3 rings (SSSR count). The Morgan fingerprint density at radius 1 is 1.00 bits per heavy atom. The predicted octanol–water partition coefficient (Wildman–Crippen LogP) is 4.70. The third-order valence-corrected chi connectivity index (χ3v) is 4.40. The maximum atomic E-state index is 12.7. The van der Waals surface area contributed by atoms with Gasteiger partial charge in [0.1, 0.15) is 5.75 Å². The van der Waals surface area contributed by atoms with Crippen LogP contribution in [0.1, 0.15) is 10.4 Å². The molecule has 0 fully saturated rings. The minimum atomic E-state index is -0.0991. The molecular weight excluding hydrogens is 318 g/mol. The molecule has 0 saturated carbocycles. The first kappa shape index (κ1) is 16.0. The lowest BCUT2D eigenvalue weighted by Gasteiger charge is -2.21. The van der Waals surface area contributed by atoms with E-state index >= 15 is 0 Å². The van der Waals surface area contributed by atoms with Gasteiger partial charge in [-0.3, -0.25) is 4.79 Å². The smallest absolute Gasteiger partial charge is 0.251 e. The molecule has 0 spiro atoms. The summed E-state index contributed by atoms with van der Waals surface area (Å²) in [5.74, 6) is 0.0834. The van der Waals surface area contributed by atoms with Gasteiger partial charge in [0, 0.05) is 16.6 Å². The van der Waals surface area contributed by atoms with Crippen LogP contribution in [0.2, 0.25) is 0 Å². The van der Waals surface area contributed by atoms with E-state index < -0.39 is 0 Å². The molecule has 24 heavy (non-hydrogen) atoms. The minimum Gasteiger partial charge on any atom is -0.508 e. The van der Waals surface area contributed by atoms with Crippen LogP contribution in [0.3, 0.4) is 0 Å². The Balaban J connectivity index is 1.84. The van der Waals surface area contributed by atoms with Gasteiger partial charge in [0.05, 0.1) is 6.54 Å². The van der Waals surface area contributed by atoms with Crippen molar-refractivity contribution >= 4 is 29.0 Å². The molecule has 3 nitrogen and oxygen atoms in total. The van der Waals surface area contributed by atoms with Crippen LogP contribution in [0.4, 0.5) is 5.69 Å². The van der Waals surface area contributed by atoms with Crippen LogP contribution in [-0.2, 0) is 11.3 Å². The van der Waals surface area contributed by atoms with E-state index in [2.05, 4.69) is 0 Å². The lowest BCUT2D eigenvalue weighted by Crippen LogP contribution is -2.28. The molecule has 0 aliphatic carbocycles. The van der Waals surface area contributed by atoms with Gasteiger partial charge in [-0.05, 0) is 47.4 Å². The Kier molecular flexibility index (Phi) is 5.08. The van der Waals surface area contributed by atoms with Gasteiger partial charge in [0.15, 0.2) is 0 Å². The van der Waals surface area contributed by atoms with Gasteiger partial charge in [-0.15, -0.1) is 11.3 Å². The first-order chi connectivity index (χ1) is 11.7. The highest BCUT2D eigenvalue weighted by Gasteiger charge is 2.14. The lowest BCUT2D eigenvalue weighted by atomic mass is 10.2. The molecule has 0 aliphatic heterocycles. The number of carbonyl (C=O) groups is 1. The van der Waals surface area contributed by atoms with Gasteiger partial charge in [-0.2, -0.15) is 0 Å². The number of anilines is 1. The fourth-order valence-corrected chi connectivity index (χ4v) is 3.00. The predicted molar refractivity (Wildman–Crippen MR) is 99.1 cm³/mol. The number of hydrogen-bond donors (Lipinski definition) is 1. The van der Waals surface area contributed by atoms with E-state index in [0.717, 1.165) is 16.1 Å². The molecule has 3 aromatic rings. The first-order valence-corrected chi connectivity index (χ1v) is 8.46. The third kappa shape index (κ3) is 4.12. The van der Waals surface area contributed by atoms with Crippen molar-refractivity contribution in [2.45, 2.75) is 6.54 Å². The van der Waals surface area contributed by atoms with Gasteiger partial charge >= 0.3 is 0 Å². The summed E-state index contributed by atoms with van der Waals surface area (Å²) in [6.07, 6.45) is 3.39. The van der Waals surface area contributed by atoms with E-state index in [-0.39, 0.29) is 11.7 Å². The van der Waals surface area contributed by atoms with Crippen molar-refractivity contribution in [2.24, 2.45) is 0 Å². The van der Waals surface area contributed by atoms with Crippen molar-refractivity contribution < 1.29 is 9.90 Å². The summed E-state index contributed by atoms with van der Waals surface area (Å²) in [6, 6.07) is 20.4. The van der Waals surface area contributed by atoms with Crippen molar-refractivity contribution in [1.82, 2.24) is 0 Å². The van der Waals surface area contributed by atoms with Crippen molar-refractivity contribution in [3.05, 3.63) is 88.6 Å². The zero-order chi connectivity index (χ0) is 16.8. The summed E-state index contributed by atoms with van der Waals surface area (Å²) in [5.41, 5.74) is 1.73. The van der Waals surface area contributed by atoms with Gasteiger partial charge < -0.3 is 10.0 Å². The minimum absolute atomic E-state index is 0.0991. The van der Waals surface area contributed by atoms with Crippen molar-refractivity contribution in [3.63, 3.8) is 0 Å². The highest BCUT2D eigenvalue weighted by Crippen LogP contribution is 2.22. The molecule has 0 unspecified atom stereocenters. The summed E-state index contributed by atoms with van der Waals surface area (Å²) in [7, 11) is 0. The number of benzene rings is 2. The van der Waals surface area contributed by atoms with Gasteiger partial charge in [0.2, 0.25) is 0 Å². The van der Waals surface area contributed by atoms with Crippen molar-refractivity contribution in [1.29, 1.82) is 0 Å². The molecule has 0 atom stereocenters. The number of amides is 1. The topological polar surface area (TPSA) is 40.5 Å². The summed E-state index contributed by atoms with van der Waals surface area (Å²) in [5, 5.41) is 11.5. The van der Waals surface area contributed by atoms with Gasteiger partial charge in [-0.1, -0.05) is 36.4 Å². The molecule has 1 heterocycles. The average Bonchev–Trinajstić information content (AvgIpc) is 3.13. The summed E-state index contributed by atoms with van der Waals surface area (Å²) >= 11 is 1.61. The number of thiophene rings is 1. The van der Waals surface area contributed by atoms with Gasteiger partial charge in [0.25, 0.3) is 5.91 Å². The Bertz CT molecular complexity index is 809. The standard InChI is InChI=1S/C20H17NO2S/c22-18-11-9-17(10-12-18)21(15-19-7-4-14-24-19)20(23)13-8-16-5-2-1-3-6-16/h1-14,22H,15H2/b13-8+. The second kappa shape index (κ2) is 7.62. The molecule has 2 aromatic carbocycles. The highest BCUT2D eigenvalue weighted by atomic mass is 32.1. The van der Waals surface area contributed by atoms with E-state index in [4.69, 9.17) is 0 Å². The maximum absolute atomic E-state index is 12.7. The molecule has 1 amide bonds. The lowest BCUT2D eigenvalue weighted by molar-refractivity contribution is -0.114. The van der Waals surface area contributed by atoms with E-state index in [1.807, 2.05) is 53.9 Å². The second-order valence-electron chi connectivity index (χ2n) is 5.26. The van der Waals surface area contributed by atoms with Crippen LogP contribution in [0.5, 0.6) is 5.75 Å². The fraction of sp³-hybridized carbons (Fsp3) is 0.0500. The number of aromatic hydroxyl groups is 1. The Morgan fingerprint density at radius 2 is 1.75 bits per heavy atom. The molecule has 0 radical (unpaired) electrons. The summed E-state index contributed by atoms with van der Waals surface area (Å²) < 4.78 is 0. The number of hydrogen-bond acceptors (Lipinski definition) is 3. The molecule has 0 aliphatic rings. The largest absolute Gasteiger partial charge is 0.508 e. The zero-order valence-electron chi connectivity index (χ0n) is 13.0. The molecule has 120 valence electrons. The van der Waals surface area contributed by atoms with Crippen LogP contribution in [-0.4, -0.2) is 11.0 Å². The van der Waals surface area contributed by atoms with Crippen LogP contribution in [0.25, 0.3) is 6.08 Å². The number of carbonyl (C=O) groups excluding carboxylic acids is 1. The number of rotatable bonds is 5. The average molecular weight is 335 g/mol. The van der Waals surface area contributed by atoms with E-state index in [1.165, 1.54) is 0 Å². The Labute approximate surface area is 145 Å². The normalized spacial score (nSPS) is 10.8. The number of nitrogens with zero attached hydrogens (tertiary/aromatic N) is 1. The molecule has 4 heteroatoms. The molecule has 1 aromatic heterocycles. The molecular formula is C20H17NO2S. The third-order valence-electron chi connectivity index (χ3n) is 3.54. The number of phenolic OH excluding ortho intramolecular Hbond substituents is 1. The summed E-state index contributed by atoms with van der Waals surface area (Å²) in [4.78, 5) is 15.5. The monoisotopic (exact) mass is 335 g/mol. The van der Waals surface area contributed by atoms with Crippen LogP contribution >= 0.6 is 11.3 Å². The summed E-state index contributed by atoms with van der Waals surface area (Å²) in [6.45, 7) is 0.500. The van der Waals surface area contributed by atoms with Crippen LogP contribution < -0.4 is 4.90 Å². The highest BCUT2D eigenvalue weighted by molar-refractivity contribution is 7.09. The SMILES string of the molecule is O=C(/C=C/c1ccccc1)N(Cc1cccs1)c1ccc(O)cc1. The zero-order valence-corrected chi connectivity index (χ0v) is 13.8. The van der Waals surface area contributed by atoms with E-state index in [1.54, 1.807) is 46.6 Å². The first-order valence-electron chi connectivity index (χ1n) is 7.58. The van der Waals surface area contributed by atoms with Crippen molar-refractivity contribution in [2.75, 3.05) is 4.90 Å². The molecule has 1 N–H and O–H groups in total. The second-order valence-corrected chi connectivity index (χ2v) is 6.30. The van der Waals surface area contributed by atoms with E-state index in [9.17, 15) is 9.90 Å².